The zero-order chi connectivity index (χ0) is 23.7. The van der Waals surface area contributed by atoms with Crippen molar-refractivity contribution in [3.8, 4) is 11.3 Å². The number of benzene rings is 2. The summed E-state index contributed by atoms with van der Waals surface area (Å²) in [7, 11) is 3.92. The van der Waals surface area contributed by atoms with Crippen LogP contribution < -0.4 is 15.5 Å². The molecular weight excluding hydrogens is 426 g/mol. The molecule has 0 unspecified atom stereocenters. The highest BCUT2D eigenvalue weighted by molar-refractivity contribution is 6.02. The van der Waals surface area contributed by atoms with E-state index in [-0.39, 0.29) is 0 Å². The second-order valence-corrected chi connectivity index (χ2v) is 8.50. The number of aromatic nitrogens is 3. The lowest BCUT2D eigenvalue weighted by Gasteiger charge is -2.27. The summed E-state index contributed by atoms with van der Waals surface area (Å²) in [5.74, 6) is 1.42. The molecule has 2 aromatic heterocycles. The van der Waals surface area contributed by atoms with Gasteiger partial charge in [0.1, 0.15) is 5.82 Å². The molecule has 5 rings (SSSR count). The molecule has 1 aliphatic rings. The van der Waals surface area contributed by atoms with Crippen LogP contribution in [0.25, 0.3) is 22.2 Å². The molecule has 4 aromatic rings. The second kappa shape index (κ2) is 9.15. The maximum absolute atomic E-state index is 8.04. The van der Waals surface area contributed by atoms with Gasteiger partial charge in [-0.25, -0.2) is 4.98 Å². The predicted octanol–water partition coefficient (Wildman–Crippen LogP) is 4.64. The van der Waals surface area contributed by atoms with Gasteiger partial charge in [0.2, 0.25) is 5.95 Å². The molecule has 3 heterocycles. The first kappa shape index (κ1) is 21.9. The highest BCUT2D eigenvalue weighted by atomic mass is 16.5. The maximum Gasteiger partial charge on any atom is 0.228 e. The monoisotopic (exact) mass is 455 g/mol. The molecule has 2 aromatic carbocycles. The Hall–Kier alpha value is -3.91. The third-order valence-corrected chi connectivity index (χ3v) is 6.15. The summed E-state index contributed by atoms with van der Waals surface area (Å²) in [5.41, 5.74) is 6.25. The minimum atomic E-state index is 0.520. The van der Waals surface area contributed by atoms with Crippen LogP contribution in [0.3, 0.4) is 0 Å². The number of nitrogens with one attached hydrogen (secondary N) is 3. The van der Waals surface area contributed by atoms with Gasteiger partial charge in [0.05, 0.1) is 18.9 Å². The van der Waals surface area contributed by atoms with Gasteiger partial charge in [0, 0.05) is 78.6 Å². The van der Waals surface area contributed by atoms with Gasteiger partial charge in [-0.05, 0) is 37.3 Å². The first-order chi connectivity index (χ1) is 16.5. The number of nitrogens with zero attached hydrogens (tertiary/aromatic N) is 4. The molecule has 0 radical (unpaired) electrons. The highest BCUT2D eigenvalue weighted by Crippen LogP contribution is 2.30. The first-order valence-electron chi connectivity index (χ1n) is 11.4. The number of anilines is 4. The molecule has 1 fully saturated rings. The summed E-state index contributed by atoms with van der Waals surface area (Å²) < 4.78 is 7.64. The Labute approximate surface area is 199 Å². The van der Waals surface area contributed by atoms with Crippen molar-refractivity contribution >= 4 is 39.8 Å². The van der Waals surface area contributed by atoms with Crippen LogP contribution in [-0.2, 0) is 11.8 Å². The fourth-order valence-electron chi connectivity index (χ4n) is 4.30. The van der Waals surface area contributed by atoms with E-state index in [0.717, 1.165) is 47.1 Å². The average molecular weight is 456 g/mol. The Kier molecular flexibility index (Phi) is 5.90. The van der Waals surface area contributed by atoms with Crippen LogP contribution in [-0.4, -0.2) is 53.6 Å². The summed E-state index contributed by atoms with van der Waals surface area (Å²) in [5, 5.41) is 15.9. The van der Waals surface area contributed by atoms with Crippen molar-refractivity contribution in [1.82, 2.24) is 14.5 Å². The van der Waals surface area contributed by atoms with Gasteiger partial charge < -0.3 is 30.2 Å². The van der Waals surface area contributed by atoms with Gasteiger partial charge in [-0.3, -0.25) is 0 Å². The van der Waals surface area contributed by atoms with E-state index in [1.165, 1.54) is 10.9 Å². The van der Waals surface area contributed by atoms with E-state index in [1.54, 1.807) is 6.92 Å². The summed E-state index contributed by atoms with van der Waals surface area (Å²) >= 11 is 0. The molecule has 8 nitrogen and oxygen atoms in total. The predicted molar refractivity (Wildman–Crippen MR) is 139 cm³/mol. The van der Waals surface area contributed by atoms with Crippen molar-refractivity contribution in [2.45, 2.75) is 6.92 Å². The standard InChI is InChI=1S/C26H29N7O/c1-17(27)21-6-4-18(15-23(21)28-2)22-16-25(31-26(30-22)33-10-12-34-13-11-33)29-20-5-7-24-19(14-20)8-9-32(24)3/h4-9,14-16,27-28H,10-13H2,1-3H3,(H,29,30,31). The summed E-state index contributed by atoms with van der Waals surface area (Å²) in [6, 6.07) is 16.4. The van der Waals surface area contributed by atoms with Crippen molar-refractivity contribution in [3.63, 3.8) is 0 Å². The molecule has 0 atom stereocenters. The third-order valence-electron chi connectivity index (χ3n) is 6.15. The first-order valence-corrected chi connectivity index (χ1v) is 11.4. The van der Waals surface area contributed by atoms with E-state index in [1.807, 2.05) is 38.4 Å². The van der Waals surface area contributed by atoms with E-state index in [0.29, 0.717) is 24.9 Å². The van der Waals surface area contributed by atoms with E-state index < -0.39 is 0 Å². The van der Waals surface area contributed by atoms with Gasteiger partial charge in [-0.2, -0.15) is 4.98 Å². The van der Waals surface area contributed by atoms with Crippen LogP contribution in [0.5, 0.6) is 0 Å². The highest BCUT2D eigenvalue weighted by Gasteiger charge is 2.17. The summed E-state index contributed by atoms with van der Waals surface area (Å²) in [4.78, 5) is 11.9. The van der Waals surface area contributed by atoms with Crippen LogP contribution in [0, 0.1) is 5.41 Å². The van der Waals surface area contributed by atoms with E-state index in [9.17, 15) is 0 Å². The van der Waals surface area contributed by atoms with Crippen LogP contribution in [0.1, 0.15) is 12.5 Å². The Balaban J connectivity index is 1.55. The van der Waals surface area contributed by atoms with Crippen LogP contribution >= 0.6 is 0 Å². The third kappa shape index (κ3) is 4.32. The zero-order valence-corrected chi connectivity index (χ0v) is 19.7. The molecule has 3 N–H and O–H groups in total. The van der Waals surface area contributed by atoms with Crippen molar-refractivity contribution < 1.29 is 4.74 Å². The molecule has 0 spiro atoms. The molecule has 0 bridgehead atoms. The summed E-state index contributed by atoms with van der Waals surface area (Å²) in [6.45, 7) is 4.64. The van der Waals surface area contributed by atoms with Gasteiger partial charge in [0.15, 0.2) is 0 Å². The number of morpholine rings is 1. The average Bonchev–Trinajstić information content (AvgIpc) is 3.23. The molecule has 0 amide bonds. The quantitative estimate of drug-likeness (QED) is 0.367. The molecule has 1 saturated heterocycles. The van der Waals surface area contributed by atoms with Crippen LogP contribution in [0.2, 0.25) is 0 Å². The molecular formula is C26H29N7O. The normalized spacial score (nSPS) is 13.8. The van der Waals surface area contributed by atoms with Gasteiger partial charge in [-0.1, -0.05) is 12.1 Å². The number of fused-ring (bicyclic) bond motifs is 1. The smallest absolute Gasteiger partial charge is 0.228 e. The maximum atomic E-state index is 8.04. The van der Waals surface area contributed by atoms with E-state index in [4.69, 9.17) is 20.1 Å². The van der Waals surface area contributed by atoms with Crippen molar-refractivity contribution in [1.29, 1.82) is 5.41 Å². The van der Waals surface area contributed by atoms with Crippen LogP contribution in [0.4, 0.5) is 23.1 Å². The second-order valence-electron chi connectivity index (χ2n) is 8.50. The Bertz CT molecular complexity index is 1350. The zero-order valence-electron chi connectivity index (χ0n) is 19.7. The lowest BCUT2D eigenvalue weighted by molar-refractivity contribution is 0.122. The number of hydrogen-bond acceptors (Lipinski definition) is 7. The molecule has 8 heteroatoms. The van der Waals surface area contributed by atoms with Crippen molar-refractivity contribution in [2.75, 3.05) is 48.9 Å². The van der Waals surface area contributed by atoms with E-state index in [2.05, 4.69) is 50.6 Å². The van der Waals surface area contributed by atoms with Gasteiger partial charge >= 0.3 is 0 Å². The Morgan fingerprint density at radius 1 is 1.03 bits per heavy atom. The van der Waals surface area contributed by atoms with Gasteiger partial charge in [-0.15, -0.1) is 0 Å². The number of rotatable bonds is 6. The molecule has 1 aliphatic heterocycles. The fourth-order valence-corrected chi connectivity index (χ4v) is 4.30. The Morgan fingerprint density at radius 2 is 1.85 bits per heavy atom. The SMILES string of the molecule is CNc1cc(-c2cc(Nc3ccc4c(ccn4C)c3)nc(N3CCOCC3)n2)ccc1C(C)=N. The Morgan fingerprint density at radius 3 is 2.62 bits per heavy atom. The minimum absolute atomic E-state index is 0.520. The lowest BCUT2D eigenvalue weighted by Crippen LogP contribution is -2.37. The number of hydrogen-bond donors (Lipinski definition) is 3. The fraction of sp³-hybridized carbons (Fsp3) is 0.269. The molecule has 0 saturated carbocycles. The van der Waals surface area contributed by atoms with Crippen molar-refractivity contribution in [3.05, 3.63) is 60.3 Å². The minimum Gasteiger partial charge on any atom is -0.388 e. The van der Waals surface area contributed by atoms with E-state index >= 15 is 0 Å². The molecule has 34 heavy (non-hydrogen) atoms. The van der Waals surface area contributed by atoms with Gasteiger partial charge in [0.25, 0.3) is 0 Å². The van der Waals surface area contributed by atoms with Crippen molar-refractivity contribution in [2.24, 2.45) is 7.05 Å². The topological polar surface area (TPSA) is 91.1 Å². The number of ether oxygens (including phenoxy) is 1. The summed E-state index contributed by atoms with van der Waals surface area (Å²) in [6.07, 6.45) is 2.06. The molecule has 174 valence electrons. The van der Waals surface area contributed by atoms with Crippen LogP contribution in [0.15, 0.2) is 54.7 Å². The largest absolute Gasteiger partial charge is 0.388 e. The number of aryl methyl sites for hydroxylation is 1. The molecule has 0 aliphatic carbocycles. The lowest BCUT2D eigenvalue weighted by atomic mass is 10.0.